The molecule has 0 aromatic carbocycles. The Kier molecular flexibility index (Phi) is 20.8. The molecule has 12 heteroatoms. The molecular formula is C27H54NO9PSi. The Labute approximate surface area is 238 Å². The summed E-state index contributed by atoms with van der Waals surface area (Å²) in [6.45, 7) is 16.9. The van der Waals surface area contributed by atoms with Crippen molar-refractivity contribution in [2.24, 2.45) is 0 Å². The molecule has 1 amide bonds. The third-order valence-corrected chi connectivity index (χ3v) is 7.93. The molecule has 10 nitrogen and oxygen atoms in total. The Hall–Kier alpha value is -1.26. The molecule has 0 saturated heterocycles. The van der Waals surface area contributed by atoms with Crippen molar-refractivity contribution in [2.75, 3.05) is 33.0 Å². The van der Waals surface area contributed by atoms with E-state index < -0.39 is 34.5 Å². The van der Waals surface area contributed by atoms with E-state index in [1.54, 1.807) is 20.8 Å². The van der Waals surface area contributed by atoms with Gasteiger partial charge in [-0.15, -0.1) is 0 Å². The standard InChI is InChI=1S/C27H54NO9PSi/c1-9-11-13-15-24(29)32-21-23(36-25(30)16-14-12-10-2)22-35-38(34-19-20-39(6,7)8)33-18-17-28-26(31)37-27(3,4)5/h23H,9-22H2,1-8H3,(H,28,31)/t23-,38?/m1/s1. The van der Waals surface area contributed by atoms with Crippen molar-refractivity contribution >= 4 is 34.7 Å². The number of carbonyl (C=O) groups excluding carboxylic acids is 3. The Morgan fingerprint density at radius 1 is 0.821 bits per heavy atom. The highest BCUT2D eigenvalue weighted by molar-refractivity contribution is 7.41. The fraction of sp³-hybridized carbons (Fsp3) is 0.889. The van der Waals surface area contributed by atoms with E-state index in [4.69, 9.17) is 27.8 Å². The van der Waals surface area contributed by atoms with Gasteiger partial charge in [-0.3, -0.25) is 9.59 Å². The van der Waals surface area contributed by atoms with Crippen molar-refractivity contribution in [3.8, 4) is 0 Å². The van der Waals surface area contributed by atoms with Gasteiger partial charge >= 0.3 is 26.6 Å². The topological polar surface area (TPSA) is 119 Å². The summed E-state index contributed by atoms with van der Waals surface area (Å²) in [5.41, 5.74) is -0.594. The maximum Gasteiger partial charge on any atom is 0.407 e. The number of hydrogen-bond donors (Lipinski definition) is 1. The van der Waals surface area contributed by atoms with Crippen molar-refractivity contribution in [1.82, 2.24) is 5.32 Å². The van der Waals surface area contributed by atoms with Gasteiger partial charge in [-0.2, -0.15) is 0 Å². The van der Waals surface area contributed by atoms with Crippen LogP contribution in [-0.2, 0) is 37.4 Å². The maximum absolute atomic E-state index is 12.4. The molecule has 0 aromatic heterocycles. The first kappa shape index (κ1) is 37.7. The summed E-state index contributed by atoms with van der Waals surface area (Å²) in [5.74, 6) is -0.681. The molecule has 0 aliphatic heterocycles. The number of unbranched alkanes of at least 4 members (excludes halogenated alkanes) is 4. The van der Waals surface area contributed by atoms with Crippen LogP contribution in [0.1, 0.15) is 86.0 Å². The summed E-state index contributed by atoms with van der Waals surface area (Å²) in [7, 11) is -3.13. The smallest absolute Gasteiger partial charge is 0.407 e. The maximum atomic E-state index is 12.4. The molecule has 0 aromatic rings. The summed E-state index contributed by atoms with van der Waals surface area (Å²) in [6, 6.07) is 0.917. The van der Waals surface area contributed by atoms with Crippen molar-refractivity contribution in [3.63, 3.8) is 0 Å². The summed E-state index contributed by atoms with van der Waals surface area (Å²) in [5, 5.41) is 2.64. The van der Waals surface area contributed by atoms with Crippen LogP contribution in [-0.4, -0.2) is 70.8 Å². The van der Waals surface area contributed by atoms with E-state index in [1.165, 1.54) is 0 Å². The molecule has 0 aliphatic rings. The van der Waals surface area contributed by atoms with E-state index in [2.05, 4.69) is 38.8 Å². The van der Waals surface area contributed by atoms with Crippen LogP contribution in [0.3, 0.4) is 0 Å². The van der Waals surface area contributed by atoms with E-state index in [-0.39, 0.29) is 38.3 Å². The van der Waals surface area contributed by atoms with Crippen molar-refractivity contribution in [3.05, 3.63) is 0 Å². The molecule has 0 saturated carbocycles. The molecule has 0 fully saturated rings. The van der Waals surface area contributed by atoms with Gasteiger partial charge in [0.2, 0.25) is 0 Å². The van der Waals surface area contributed by atoms with Gasteiger partial charge in [-0.05, 0) is 39.7 Å². The monoisotopic (exact) mass is 595 g/mol. The van der Waals surface area contributed by atoms with Gasteiger partial charge in [0, 0.05) is 27.5 Å². The molecule has 0 heterocycles. The largest absolute Gasteiger partial charge is 0.462 e. The zero-order chi connectivity index (χ0) is 29.7. The van der Waals surface area contributed by atoms with Crippen LogP contribution < -0.4 is 5.32 Å². The summed E-state index contributed by atoms with van der Waals surface area (Å²) in [4.78, 5) is 36.4. The number of carbonyl (C=O) groups is 3. The molecule has 1 N–H and O–H groups in total. The van der Waals surface area contributed by atoms with Gasteiger partial charge in [0.1, 0.15) is 12.2 Å². The van der Waals surface area contributed by atoms with Gasteiger partial charge in [0.05, 0.1) is 19.8 Å². The first-order chi connectivity index (χ1) is 18.3. The SMILES string of the molecule is CCCCCC(=O)OC[C@H](COP(OCCNC(=O)OC(C)(C)C)OCC[Si](C)(C)C)OC(=O)CCCCC. The molecule has 230 valence electrons. The zero-order valence-electron chi connectivity index (χ0n) is 25.6. The average Bonchev–Trinajstić information content (AvgIpc) is 2.81. The lowest BCUT2D eigenvalue weighted by Gasteiger charge is -2.23. The van der Waals surface area contributed by atoms with Gasteiger partial charge in [-0.1, -0.05) is 59.2 Å². The highest BCUT2D eigenvalue weighted by atomic mass is 31.2. The summed E-state index contributed by atoms with van der Waals surface area (Å²) >= 11 is 0. The third-order valence-electron chi connectivity index (χ3n) is 5.08. The molecule has 0 aliphatic carbocycles. The molecule has 39 heavy (non-hydrogen) atoms. The minimum Gasteiger partial charge on any atom is -0.462 e. The van der Waals surface area contributed by atoms with Gasteiger partial charge < -0.3 is 33.1 Å². The lowest BCUT2D eigenvalue weighted by Crippen LogP contribution is -2.34. The Bertz CT molecular complexity index is 683. The van der Waals surface area contributed by atoms with E-state index in [1.807, 2.05) is 0 Å². The van der Waals surface area contributed by atoms with E-state index in [9.17, 15) is 14.4 Å². The fourth-order valence-corrected chi connectivity index (χ4v) is 4.81. The highest BCUT2D eigenvalue weighted by Gasteiger charge is 2.23. The minimum atomic E-state index is -1.78. The zero-order valence-corrected chi connectivity index (χ0v) is 27.5. The normalized spacial score (nSPS) is 13.4. The summed E-state index contributed by atoms with van der Waals surface area (Å²) < 4.78 is 33.7. The Morgan fingerprint density at radius 3 is 1.97 bits per heavy atom. The van der Waals surface area contributed by atoms with Crippen LogP contribution in [0.2, 0.25) is 25.7 Å². The van der Waals surface area contributed by atoms with Gasteiger partial charge in [0.25, 0.3) is 0 Å². The van der Waals surface area contributed by atoms with E-state index in [0.717, 1.165) is 44.6 Å². The van der Waals surface area contributed by atoms with Crippen LogP contribution in [0, 0.1) is 0 Å². The molecule has 0 radical (unpaired) electrons. The number of nitrogens with one attached hydrogen (secondary N) is 1. The predicted molar refractivity (Wildman–Crippen MR) is 156 cm³/mol. The minimum absolute atomic E-state index is 0.0418. The van der Waals surface area contributed by atoms with Crippen LogP contribution in [0.15, 0.2) is 0 Å². The second-order valence-corrected chi connectivity index (χ2v) is 18.5. The predicted octanol–water partition coefficient (Wildman–Crippen LogP) is 6.74. The van der Waals surface area contributed by atoms with Crippen LogP contribution in [0.4, 0.5) is 4.79 Å². The number of amides is 1. The van der Waals surface area contributed by atoms with Crippen LogP contribution in [0.25, 0.3) is 0 Å². The first-order valence-corrected chi connectivity index (χ1v) is 19.1. The number of hydrogen-bond acceptors (Lipinski definition) is 9. The van der Waals surface area contributed by atoms with Crippen LogP contribution >= 0.6 is 8.60 Å². The van der Waals surface area contributed by atoms with E-state index >= 15 is 0 Å². The van der Waals surface area contributed by atoms with Gasteiger partial charge in [0.15, 0.2) is 6.10 Å². The van der Waals surface area contributed by atoms with Gasteiger partial charge in [-0.25, -0.2) is 4.79 Å². The number of esters is 2. The average molecular weight is 596 g/mol. The number of ether oxygens (including phenoxy) is 3. The molecular weight excluding hydrogens is 541 g/mol. The second-order valence-electron chi connectivity index (χ2n) is 11.6. The Morgan fingerprint density at radius 2 is 1.41 bits per heavy atom. The quantitative estimate of drug-likeness (QED) is 0.0477. The van der Waals surface area contributed by atoms with Crippen molar-refractivity contribution in [2.45, 2.75) is 123 Å². The first-order valence-electron chi connectivity index (χ1n) is 14.3. The van der Waals surface area contributed by atoms with Crippen LogP contribution in [0.5, 0.6) is 0 Å². The number of alkyl carbamates (subject to hydrolysis) is 1. The highest BCUT2D eigenvalue weighted by Crippen LogP contribution is 2.40. The lowest BCUT2D eigenvalue weighted by molar-refractivity contribution is -0.161. The molecule has 2 atom stereocenters. The molecule has 1 unspecified atom stereocenters. The molecule has 0 bridgehead atoms. The summed E-state index contributed by atoms with van der Waals surface area (Å²) in [6.07, 6.45) is 4.69. The van der Waals surface area contributed by atoms with E-state index in [0.29, 0.717) is 19.4 Å². The second kappa shape index (κ2) is 21.5. The molecule has 0 spiro atoms. The lowest BCUT2D eigenvalue weighted by atomic mass is 10.2. The fourth-order valence-electron chi connectivity index (χ4n) is 2.93. The van der Waals surface area contributed by atoms with Crippen molar-refractivity contribution < 1.29 is 42.2 Å². The molecule has 0 rings (SSSR count). The Balaban J connectivity index is 5.01. The van der Waals surface area contributed by atoms with Crippen molar-refractivity contribution in [1.29, 1.82) is 0 Å². The number of rotatable bonds is 22. The third kappa shape index (κ3) is 25.4.